The first-order chi connectivity index (χ1) is 9.83. The summed E-state index contributed by atoms with van der Waals surface area (Å²) in [5.41, 5.74) is 9.39. The molecular weight excluding hydrogens is 246 g/mol. The molecule has 20 heavy (non-hydrogen) atoms. The van der Waals surface area contributed by atoms with Gasteiger partial charge in [0.15, 0.2) is 0 Å². The fourth-order valence-electron chi connectivity index (χ4n) is 2.73. The van der Waals surface area contributed by atoms with Crippen LogP contribution in [0, 0.1) is 0 Å². The van der Waals surface area contributed by atoms with Gasteiger partial charge in [0, 0.05) is 29.3 Å². The number of nitrogens with two attached hydrogens (primary N) is 1. The Morgan fingerprint density at radius 3 is 2.75 bits per heavy atom. The van der Waals surface area contributed by atoms with Gasteiger partial charge in [-0.1, -0.05) is 18.2 Å². The molecule has 1 fully saturated rings. The molecule has 98 valence electrons. The van der Waals surface area contributed by atoms with Crippen molar-refractivity contribution < 1.29 is 0 Å². The minimum absolute atomic E-state index is 0.570. The molecule has 0 saturated heterocycles. The van der Waals surface area contributed by atoms with Crippen LogP contribution in [0.1, 0.15) is 24.5 Å². The quantitative estimate of drug-likeness (QED) is 0.764. The summed E-state index contributed by atoms with van der Waals surface area (Å²) < 4.78 is 0. The van der Waals surface area contributed by atoms with E-state index in [-0.39, 0.29) is 0 Å². The van der Waals surface area contributed by atoms with Crippen molar-refractivity contribution in [3.05, 3.63) is 54.5 Å². The van der Waals surface area contributed by atoms with Crippen LogP contribution >= 0.6 is 0 Å². The van der Waals surface area contributed by atoms with Crippen LogP contribution in [0.4, 0.5) is 5.82 Å². The Morgan fingerprint density at radius 2 is 1.90 bits per heavy atom. The molecule has 0 unspecified atom stereocenters. The number of nitrogens with zero attached hydrogens (tertiary/aromatic N) is 2. The largest absolute Gasteiger partial charge is 0.384 e. The van der Waals surface area contributed by atoms with Gasteiger partial charge in [-0.2, -0.15) is 0 Å². The van der Waals surface area contributed by atoms with Gasteiger partial charge < -0.3 is 5.73 Å². The van der Waals surface area contributed by atoms with E-state index < -0.39 is 0 Å². The van der Waals surface area contributed by atoms with Crippen molar-refractivity contribution in [2.75, 3.05) is 5.73 Å². The number of fused-ring (bicyclic) bond motifs is 1. The van der Waals surface area contributed by atoms with E-state index in [1.54, 1.807) is 0 Å². The van der Waals surface area contributed by atoms with Crippen LogP contribution in [0.25, 0.3) is 21.9 Å². The average Bonchev–Trinajstić information content (AvgIpc) is 3.31. The van der Waals surface area contributed by atoms with E-state index in [0.29, 0.717) is 11.7 Å². The van der Waals surface area contributed by atoms with Gasteiger partial charge >= 0.3 is 0 Å². The summed E-state index contributed by atoms with van der Waals surface area (Å²) in [6.07, 6.45) is 6.19. The molecule has 1 aliphatic rings. The lowest BCUT2D eigenvalue weighted by Crippen LogP contribution is -1.97. The molecule has 0 atom stereocenters. The third-order valence-corrected chi connectivity index (χ3v) is 3.88. The number of anilines is 1. The number of aromatic nitrogens is 2. The molecular formula is C17H15N3. The second-order valence-corrected chi connectivity index (χ2v) is 5.35. The normalized spacial score (nSPS) is 14.6. The maximum Gasteiger partial charge on any atom is 0.123 e. The second kappa shape index (κ2) is 4.30. The van der Waals surface area contributed by atoms with Gasteiger partial charge in [0.2, 0.25) is 0 Å². The first-order valence-corrected chi connectivity index (χ1v) is 6.92. The van der Waals surface area contributed by atoms with Crippen molar-refractivity contribution in [3.63, 3.8) is 0 Å². The van der Waals surface area contributed by atoms with Crippen LogP contribution in [-0.4, -0.2) is 9.97 Å². The number of pyridine rings is 2. The third-order valence-electron chi connectivity index (χ3n) is 3.88. The van der Waals surface area contributed by atoms with Gasteiger partial charge in [0.1, 0.15) is 5.82 Å². The van der Waals surface area contributed by atoms with E-state index in [4.69, 9.17) is 5.73 Å². The molecule has 0 amide bonds. The minimum Gasteiger partial charge on any atom is -0.384 e. The number of rotatable bonds is 2. The Balaban J connectivity index is 2.00. The van der Waals surface area contributed by atoms with Crippen molar-refractivity contribution in [3.8, 4) is 11.1 Å². The van der Waals surface area contributed by atoms with Crippen molar-refractivity contribution in [2.24, 2.45) is 0 Å². The topological polar surface area (TPSA) is 51.8 Å². The van der Waals surface area contributed by atoms with Gasteiger partial charge in [0.25, 0.3) is 0 Å². The Kier molecular flexibility index (Phi) is 2.46. The van der Waals surface area contributed by atoms with Crippen LogP contribution in [0.3, 0.4) is 0 Å². The Labute approximate surface area is 117 Å². The molecule has 0 aliphatic heterocycles. The molecule has 2 heterocycles. The van der Waals surface area contributed by atoms with Crippen molar-refractivity contribution in [1.29, 1.82) is 0 Å². The highest BCUT2D eigenvalue weighted by atomic mass is 14.8. The van der Waals surface area contributed by atoms with Crippen LogP contribution in [0.5, 0.6) is 0 Å². The summed E-state index contributed by atoms with van der Waals surface area (Å²) in [6, 6.07) is 12.4. The monoisotopic (exact) mass is 261 g/mol. The van der Waals surface area contributed by atoms with Gasteiger partial charge in [0.05, 0.1) is 5.69 Å². The predicted molar refractivity (Wildman–Crippen MR) is 81.4 cm³/mol. The van der Waals surface area contributed by atoms with Crippen LogP contribution < -0.4 is 5.73 Å². The summed E-state index contributed by atoms with van der Waals surface area (Å²) in [4.78, 5) is 8.84. The zero-order valence-corrected chi connectivity index (χ0v) is 11.1. The lowest BCUT2D eigenvalue weighted by Gasteiger charge is -2.11. The Morgan fingerprint density at radius 1 is 1.00 bits per heavy atom. The van der Waals surface area contributed by atoms with Crippen LogP contribution in [0.2, 0.25) is 0 Å². The summed E-state index contributed by atoms with van der Waals surface area (Å²) in [7, 11) is 0. The molecule has 0 bridgehead atoms. The Hall–Kier alpha value is -2.42. The van der Waals surface area contributed by atoms with Gasteiger partial charge in [-0.3, -0.25) is 4.98 Å². The molecule has 4 rings (SSSR count). The molecule has 0 spiro atoms. The average molecular weight is 261 g/mol. The second-order valence-electron chi connectivity index (χ2n) is 5.35. The van der Waals surface area contributed by atoms with Crippen LogP contribution in [-0.2, 0) is 0 Å². The molecule has 1 saturated carbocycles. The first kappa shape index (κ1) is 11.4. The van der Waals surface area contributed by atoms with E-state index in [0.717, 1.165) is 5.69 Å². The molecule has 2 aromatic heterocycles. The van der Waals surface area contributed by atoms with Gasteiger partial charge in [-0.25, -0.2) is 4.98 Å². The molecule has 2 N–H and O–H groups in total. The highest BCUT2D eigenvalue weighted by Crippen LogP contribution is 2.44. The maximum atomic E-state index is 5.86. The number of nitrogen functional groups attached to an aromatic ring is 1. The number of benzene rings is 1. The van der Waals surface area contributed by atoms with Crippen molar-refractivity contribution in [1.82, 2.24) is 9.97 Å². The summed E-state index contributed by atoms with van der Waals surface area (Å²) >= 11 is 0. The van der Waals surface area contributed by atoms with E-state index in [2.05, 4.69) is 34.2 Å². The third kappa shape index (κ3) is 1.83. The van der Waals surface area contributed by atoms with Gasteiger partial charge in [-0.05, 0) is 42.0 Å². The number of hydrogen-bond donors (Lipinski definition) is 1. The Bertz CT molecular complexity index is 786. The molecule has 3 nitrogen and oxygen atoms in total. The minimum atomic E-state index is 0.570. The van der Waals surface area contributed by atoms with E-state index in [1.165, 1.54) is 34.7 Å². The zero-order chi connectivity index (χ0) is 13.5. The molecule has 0 radical (unpaired) electrons. The number of hydrogen-bond acceptors (Lipinski definition) is 3. The highest BCUT2D eigenvalue weighted by molar-refractivity contribution is 5.96. The lowest BCUT2D eigenvalue weighted by molar-refractivity contribution is 1.03. The van der Waals surface area contributed by atoms with E-state index in [1.807, 2.05) is 24.5 Å². The van der Waals surface area contributed by atoms with Crippen LogP contribution in [0.15, 0.2) is 48.8 Å². The molecule has 3 aromatic rings. The standard InChI is InChI=1S/C17H15N3/c18-16-7-6-14(17(20-16)12-4-5-12)13-3-1-2-11-8-9-19-10-15(11)13/h1-3,6-10,12H,4-5H2,(H2,18,20). The SMILES string of the molecule is Nc1ccc(-c2cccc3ccncc23)c(C2CC2)n1. The first-order valence-electron chi connectivity index (χ1n) is 6.92. The summed E-state index contributed by atoms with van der Waals surface area (Å²) in [5.74, 6) is 1.18. The fourth-order valence-corrected chi connectivity index (χ4v) is 2.73. The summed E-state index contributed by atoms with van der Waals surface area (Å²) in [5, 5.41) is 2.37. The smallest absolute Gasteiger partial charge is 0.123 e. The molecule has 1 aliphatic carbocycles. The maximum absolute atomic E-state index is 5.86. The highest BCUT2D eigenvalue weighted by Gasteiger charge is 2.28. The molecule has 3 heteroatoms. The van der Waals surface area contributed by atoms with Crippen molar-refractivity contribution in [2.45, 2.75) is 18.8 Å². The summed E-state index contributed by atoms with van der Waals surface area (Å²) in [6.45, 7) is 0. The molecule has 1 aromatic carbocycles. The van der Waals surface area contributed by atoms with E-state index >= 15 is 0 Å². The predicted octanol–water partition coefficient (Wildman–Crippen LogP) is 3.76. The fraction of sp³-hybridized carbons (Fsp3) is 0.176. The van der Waals surface area contributed by atoms with Crippen molar-refractivity contribution >= 4 is 16.6 Å². The van der Waals surface area contributed by atoms with E-state index in [9.17, 15) is 0 Å². The lowest BCUT2D eigenvalue weighted by atomic mass is 9.97. The zero-order valence-electron chi connectivity index (χ0n) is 11.1. The van der Waals surface area contributed by atoms with Gasteiger partial charge in [-0.15, -0.1) is 0 Å².